The van der Waals surface area contributed by atoms with Crippen LogP contribution in [0.4, 0.5) is 5.69 Å². The molecule has 1 aromatic rings. The number of aryl methyl sites for hydroxylation is 2. The van der Waals surface area contributed by atoms with Crippen LogP contribution in [0.2, 0.25) is 0 Å². The number of hydrogen-bond acceptors (Lipinski definition) is 3. The van der Waals surface area contributed by atoms with Crippen LogP contribution < -0.4 is 10.6 Å². The van der Waals surface area contributed by atoms with E-state index in [2.05, 4.69) is 26.0 Å². The second-order valence-electron chi connectivity index (χ2n) is 4.50. The van der Waals surface area contributed by atoms with Crippen LogP contribution >= 0.6 is 11.8 Å². The monoisotopic (exact) mass is 250 g/mol. The molecule has 3 nitrogen and oxygen atoms in total. The number of anilines is 1. The van der Waals surface area contributed by atoms with Gasteiger partial charge in [-0.2, -0.15) is 0 Å². The van der Waals surface area contributed by atoms with Crippen molar-refractivity contribution in [2.24, 2.45) is 5.73 Å². The van der Waals surface area contributed by atoms with Crippen LogP contribution in [0.5, 0.6) is 0 Å². The third-order valence-electron chi connectivity index (χ3n) is 3.12. The fraction of sp³-hybridized carbons (Fsp3) is 0.462. The molecule has 2 N–H and O–H groups in total. The number of carbonyl (C=O) groups excluding carboxylic acids is 1. The molecule has 0 radical (unpaired) electrons. The molecule has 0 aromatic heterocycles. The van der Waals surface area contributed by atoms with E-state index in [4.69, 9.17) is 5.73 Å². The van der Waals surface area contributed by atoms with Gasteiger partial charge in [0.15, 0.2) is 0 Å². The Morgan fingerprint density at radius 1 is 1.47 bits per heavy atom. The molecule has 1 heterocycles. The SMILES string of the molecule is Cc1ccc(C)c2c1SCC(C)N2C(=O)CN. The highest BCUT2D eigenvalue weighted by Crippen LogP contribution is 2.41. The summed E-state index contributed by atoms with van der Waals surface area (Å²) in [5.41, 5.74) is 8.95. The first-order valence-corrected chi connectivity index (χ1v) is 6.80. The maximum absolute atomic E-state index is 12.0. The van der Waals surface area contributed by atoms with Crippen molar-refractivity contribution < 1.29 is 4.79 Å². The van der Waals surface area contributed by atoms with Gasteiger partial charge < -0.3 is 10.6 Å². The maximum Gasteiger partial charge on any atom is 0.241 e. The quantitative estimate of drug-likeness (QED) is 0.830. The van der Waals surface area contributed by atoms with Crippen molar-refractivity contribution >= 4 is 23.4 Å². The van der Waals surface area contributed by atoms with E-state index in [0.717, 1.165) is 17.0 Å². The number of fused-ring (bicyclic) bond motifs is 1. The number of nitrogens with two attached hydrogens (primary N) is 1. The first-order valence-electron chi connectivity index (χ1n) is 5.81. The molecule has 1 aromatic carbocycles. The molecule has 0 fully saturated rings. The number of carbonyl (C=O) groups is 1. The lowest BCUT2D eigenvalue weighted by Gasteiger charge is -2.36. The minimum atomic E-state index is 0.00718. The van der Waals surface area contributed by atoms with Gasteiger partial charge >= 0.3 is 0 Å². The van der Waals surface area contributed by atoms with E-state index in [1.807, 2.05) is 23.6 Å². The predicted molar refractivity (Wildman–Crippen MR) is 72.6 cm³/mol. The van der Waals surface area contributed by atoms with Crippen molar-refractivity contribution in [1.82, 2.24) is 0 Å². The predicted octanol–water partition coefficient (Wildman–Crippen LogP) is 2.09. The molecule has 17 heavy (non-hydrogen) atoms. The molecule has 0 saturated carbocycles. The number of rotatable bonds is 1. The number of thioether (sulfide) groups is 1. The summed E-state index contributed by atoms with van der Waals surface area (Å²) in [6.07, 6.45) is 0. The molecule has 1 aliphatic heterocycles. The van der Waals surface area contributed by atoms with Gasteiger partial charge in [-0.25, -0.2) is 0 Å². The highest BCUT2D eigenvalue weighted by atomic mass is 32.2. The Bertz CT molecular complexity index is 459. The van der Waals surface area contributed by atoms with E-state index < -0.39 is 0 Å². The van der Waals surface area contributed by atoms with Gasteiger partial charge in [-0.3, -0.25) is 4.79 Å². The first-order chi connectivity index (χ1) is 8.06. The molecule has 1 unspecified atom stereocenters. The largest absolute Gasteiger partial charge is 0.322 e. The third kappa shape index (κ3) is 2.07. The van der Waals surface area contributed by atoms with Crippen LogP contribution in [-0.2, 0) is 4.79 Å². The van der Waals surface area contributed by atoms with Gasteiger partial charge in [-0.05, 0) is 31.9 Å². The smallest absolute Gasteiger partial charge is 0.241 e. The number of amides is 1. The van der Waals surface area contributed by atoms with Crippen molar-refractivity contribution in [2.45, 2.75) is 31.7 Å². The van der Waals surface area contributed by atoms with E-state index in [-0.39, 0.29) is 18.5 Å². The van der Waals surface area contributed by atoms with Gasteiger partial charge in [-0.1, -0.05) is 12.1 Å². The standard InChI is InChI=1S/C13H18N2OS/c1-8-4-5-9(2)13-12(8)15(11(16)6-14)10(3)7-17-13/h4-5,10H,6-7,14H2,1-3H3. The Hall–Kier alpha value is -1.00. The molecule has 1 amide bonds. The lowest BCUT2D eigenvalue weighted by atomic mass is 10.1. The summed E-state index contributed by atoms with van der Waals surface area (Å²) in [7, 11) is 0. The molecule has 4 heteroatoms. The summed E-state index contributed by atoms with van der Waals surface area (Å²) >= 11 is 1.83. The van der Waals surface area contributed by atoms with Gasteiger partial charge in [0, 0.05) is 16.7 Å². The molecule has 1 aliphatic rings. The van der Waals surface area contributed by atoms with Gasteiger partial charge in [0.25, 0.3) is 0 Å². The third-order valence-corrected chi connectivity index (χ3v) is 4.58. The van der Waals surface area contributed by atoms with E-state index in [1.54, 1.807) is 0 Å². The molecule has 0 saturated heterocycles. The number of benzene rings is 1. The van der Waals surface area contributed by atoms with Crippen LogP contribution in [-0.4, -0.2) is 24.2 Å². The van der Waals surface area contributed by atoms with Crippen LogP contribution in [0.15, 0.2) is 17.0 Å². The zero-order chi connectivity index (χ0) is 12.6. The van der Waals surface area contributed by atoms with Gasteiger partial charge in [0.05, 0.1) is 12.2 Å². The Morgan fingerprint density at radius 3 is 2.76 bits per heavy atom. The molecule has 1 atom stereocenters. The van der Waals surface area contributed by atoms with Crippen molar-refractivity contribution in [1.29, 1.82) is 0 Å². The lowest BCUT2D eigenvalue weighted by Crippen LogP contribution is -2.46. The van der Waals surface area contributed by atoms with E-state index in [9.17, 15) is 4.79 Å². The van der Waals surface area contributed by atoms with Crippen LogP contribution in [0.1, 0.15) is 18.1 Å². The molecular weight excluding hydrogens is 232 g/mol. The lowest BCUT2D eigenvalue weighted by molar-refractivity contribution is -0.117. The van der Waals surface area contributed by atoms with Crippen LogP contribution in [0, 0.1) is 13.8 Å². The first kappa shape index (κ1) is 12.5. The fourth-order valence-electron chi connectivity index (χ4n) is 2.22. The maximum atomic E-state index is 12.0. The van der Waals surface area contributed by atoms with Gasteiger partial charge in [-0.15, -0.1) is 11.8 Å². The fourth-order valence-corrected chi connectivity index (χ4v) is 3.47. The van der Waals surface area contributed by atoms with Crippen molar-refractivity contribution in [3.63, 3.8) is 0 Å². The highest BCUT2D eigenvalue weighted by Gasteiger charge is 2.30. The summed E-state index contributed by atoms with van der Waals surface area (Å²) in [6, 6.07) is 4.40. The molecular formula is C13H18N2OS. The minimum Gasteiger partial charge on any atom is -0.322 e. The highest BCUT2D eigenvalue weighted by molar-refractivity contribution is 7.99. The summed E-state index contributed by atoms with van der Waals surface area (Å²) in [5.74, 6) is 0.941. The molecule has 0 aliphatic carbocycles. The Balaban J connectivity index is 2.58. The average molecular weight is 250 g/mol. The molecule has 0 bridgehead atoms. The van der Waals surface area contributed by atoms with Crippen molar-refractivity contribution in [2.75, 3.05) is 17.2 Å². The number of nitrogens with zero attached hydrogens (tertiary/aromatic N) is 1. The summed E-state index contributed by atoms with van der Waals surface area (Å²) < 4.78 is 0. The van der Waals surface area contributed by atoms with Crippen molar-refractivity contribution in [3.8, 4) is 0 Å². The molecule has 2 rings (SSSR count). The van der Waals surface area contributed by atoms with E-state index >= 15 is 0 Å². The normalized spacial score (nSPS) is 19.1. The second-order valence-corrected chi connectivity index (χ2v) is 5.54. The van der Waals surface area contributed by atoms with Crippen LogP contribution in [0.25, 0.3) is 0 Å². The zero-order valence-corrected chi connectivity index (χ0v) is 11.3. The summed E-state index contributed by atoms with van der Waals surface area (Å²) in [6.45, 7) is 6.28. The van der Waals surface area contributed by atoms with Crippen LogP contribution in [0.3, 0.4) is 0 Å². The van der Waals surface area contributed by atoms with E-state index in [1.165, 1.54) is 10.5 Å². The number of hydrogen-bond donors (Lipinski definition) is 1. The Morgan fingerprint density at radius 2 is 2.12 bits per heavy atom. The summed E-state index contributed by atoms with van der Waals surface area (Å²) in [5, 5.41) is 0. The molecule has 92 valence electrons. The average Bonchev–Trinajstić information content (AvgIpc) is 2.33. The second kappa shape index (κ2) is 4.70. The van der Waals surface area contributed by atoms with E-state index in [0.29, 0.717) is 0 Å². The summed E-state index contributed by atoms with van der Waals surface area (Å²) in [4.78, 5) is 15.1. The van der Waals surface area contributed by atoms with Gasteiger partial charge in [0.2, 0.25) is 5.91 Å². The Labute approximate surface area is 106 Å². The topological polar surface area (TPSA) is 46.3 Å². The minimum absolute atomic E-state index is 0.00718. The Kier molecular flexibility index (Phi) is 3.45. The zero-order valence-electron chi connectivity index (χ0n) is 10.5. The van der Waals surface area contributed by atoms with Crippen molar-refractivity contribution in [3.05, 3.63) is 23.3 Å². The molecule has 0 spiro atoms. The van der Waals surface area contributed by atoms with Gasteiger partial charge in [0.1, 0.15) is 0 Å².